The highest BCUT2D eigenvalue weighted by molar-refractivity contribution is 5.91. The number of rotatable bonds is 7. The third-order valence-electron chi connectivity index (χ3n) is 4.86. The van der Waals surface area contributed by atoms with Crippen molar-refractivity contribution in [1.82, 2.24) is 5.32 Å². The molecule has 0 saturated carbocycles. The smallest absolute Gasteiger partial charge is 0.325 e. The summed E-state index contributed by atoms with van der Waals surface area (Å²) in [5.41, 5.74) is 5.03. The van der Waals surface area contributed by atoms with Crippen LogP contribution in [0.4, 0.5) is 0 Å². The summed E-state index contributed by atoms with van der Waals surface area (Å²) in [7, 11) is 0. The van der Waals surface area contributed by atoms with Gasteiger partial charge in [-0.15, -0.1) is 0 Å². The Morgan fingerprint density at radius 3 is 2.44 bits per heavy atom. The lowest BCUT2D eigenvalue weighted by Crippen LogP contribution is -2.37. The lowest BCUT2D eigenvalue weighted by molar-refractivity contribution is -0.140. The van der Waals surface area contributed by atoms with Gasteiger partial charge in [-0.25, -0.2) is 0 Å². The second-order valence-electron chi connectivity index (χ2n) is 7.99. The Hall–Kier alpha value is -2.36. The molecule has 1 rings (SSSR count). The Morgan fingerprint density at radius 1 is 1.19 bits per heavy atom. The molecule has 0 heterocycles. The molecule has 0 aromatic carbocycles. The topological polar surface area (TPSA) is 66.4 Å². The number of aliphatic carboxylic acids is 1. The zero-order valence-corrected chi connectivity index (χ0v) is 17.4. The number of allylic oxidation sites excluding steroid dienone is 9. The van der Waals surface area contributed by atoms with Crippen LogP contribution in [0, 0.1) is 5.41 Å². The van der Waals surface area contributed by atoms with Crippen LogP contribution in [0.15, 0.2) is 58.7 Å². The zero-order chi connectivity index (χ0) is 20.6. The Bertz CT molecular complexity index is 718. The van der Waals surface area contributed by atoms with Crippen LogP contribution in [0.2, 0.25) is 0 Å². The SMILES string of the molecule is CC(C=CC1=C(C)CCCC1(C)C)=CC=CC(C)=CC(=O)N[C@@H](C)C(=O)O. The molecule has 1 amide bonds. The summed E-state index contributed by atoms with van der Waals surface area (Å²) in [5, 5.41) is 11.2. The van der Waals surface area contributed by atoms with E-state index in [1.807, 2.05) is 25.2 Å². The molecule has 148 valence electrons. The molecular formula is C23H33NO3. The summed E-state index contributed by atoms with van der Waals surface area (Å²) in [4.78, 5) is 22.5. The molecule has 0 unspecified atom stereocenters. The number of carboxylic acids is 1. The molecule has 1 atom stereocenters. The van der Waals surface area contributed by atoms with E-state index in [-0.39, 0.29) is 5.41 Å². The minimum absolute atomic E-state index is 0.231. The predicted molar refractivity (Wildman–Crippen MR) is 111 cm³/mol. The van der Waals surface area contributed by atoms with Crippen LogP contribution in [0.25, 0.3) is 0 Å². The molecule has 0 spiro atoms. The van der Waals surface area contributed by atoms with Gasteiger partial charge in [0, 0.05) is 6.08 Å². The molecule has 27 heavy (non-hydrogen) atoms. The molecule has 1 aliphatic rings. The number of carbonyl (C=O) groups is 2. The third kappa shape index (κ3) is 7.81. The summed E-state index contributed by atoms with van der Waals surface area (Å²) in [6.07, 6.45) is 15.2. The van der Waals surface area contributed by atoms with Gasteiger partial charge in [-0.3, -0.25) is 9.59 Å². The van der Waals surface area contributed by atoms with Crippen molar-refractivity contribution >= 4 is 11.9 Å². The highest BCUT2D eigenvalue weighted by atomic mass is 16.4. The normalized spacial score (nSPS) is 19.6. The minimum atomic E-state index is -1.05. The minimum Gasteiger partial charge on any atom is -0.480 e. The van der Waals surface area contributed by atoms with Gasteiger partial charge in [0.25, 0.3) is 0 Å². The second kappa shape index (κ2) is 10.1. The van der Waals surface area contributed by atoms with Gasteiger partial charge in [-0.1, -0.05) is 55.4 Å². The Kier molecular flexibility index (Phi) is 8.48. The van der Waals surface area contributed by atoms with Crippen LogP contribution >= 0.6 is 0 Å². The predicted octanol–water partition coefficient (Wildman–Crippen LogP) is 5.11. The van der Waals surface area contributed by atoms with Crippen molar-refractivity contribution in [3.8, 4) is 0 Å². The molecule has 0 aromatic rings. The molecule has 0 saturated heterocycles. The molecule has 0 bridgehead atoms. The number of carboxylic acid groups (broad SMARTS) is 1. The molecule has 0 radical (unpaired) electrons. The first-order chi connectivity index (χ1) is 12.5. The molecule has 0 fully saturated rings. The largest absolute Gasteiger partial charge is 0.480 e. The van der Waals surface area contributed by atoms with Crippen LogP contribution < -0.4 is 5.32 Å². The summed E-state index contributed by atoms with van der Waals surface area (Å²) < 4.78 is 0. The van der Waals surface area contributed by atoms with E-state index in [2.05, 4.69) is 38.2 Å². The van der Waals surface area contributed by atoms with Crippen molar-refractivity contribution in [2.24, 2.45) is 5.41 Å². The molecular weight excluding hydrogens is 338 g/mol. The van der Waals surface area contributed by atoms with Crippen LogP contribution in [-0.4, -0.2) is 23.0 Å². The zero-order valence-electron chi connectivity index (χ0n) is 17.4. The maximum atomic E-state index is 11.7. The fraction of sp³-hybridized carbons (Fsp3) is 0.478. The number of carbonyl (C=O) groups excluding carboxylic acids is 1. The quantitative estimate of drug-likeness (QED) is 0.483. The summed E-state index contributed by atoms with van der Waals surface area (Å²) in [6, 6.07) is -0.903. The summed E-state index contributed by atoms with van der Waals surface area (Å²) >= 11 is 0. The molecule has 4 heteroatoms. The van der Waals surface area contributed by atoms with E-state index < -0.39 is 17.9 Å². The molecule has 1 aliphatic carbocycles. The van der Waals surface area contributed by atoms with E-state index >= 15 is 0 Å². The number of hydrogen-bond acceptors (Lipinski definition) is 2. The average Bonchev–Trinajstić information content (AvgIpc) is 2.53. The number of amides is 1. The van der Waals surface area contributed by atoms with E-state index in [0.717, 1.165) is 11.1 Å². The van der Waals surface area contributed by atoms with Crippen molar-refractivity contribution in [1.29, 1.82) is 0 Å². The van der Waals surface area contributed by atoms with Gasteiger partial charge in [0.1, 0.15) is 6.04 Å². The van der Waals surface area contributed by atoms with Crippen molar-refractivity contribution < 1.29 is 14.7 Å². The first kappa shape index (κ1) is 22.7. The van der Waals surface area contributed by atoms with Crippen molar-refractivity contribution in [2.75, 3.05) is 0 Å². The fourth-order valence-electron chi connectivity index (χ4n) is 3.20. The molecule has 2 N–H and O–H groups in total. The summed E-state index contributed by atoms with van der Waals surface area (Å²) in [5.74, 6) is -1.46. The van der Waals surface area contributed by atoms with Gasteiger partial charge in [-0.2, -0.15) is 0 Å². The van der Waals surface area contributed by atoms with Crippen LogP contribution in [0.1, 0.15) is 60.8 Å². The van der Waals surface area contributed by atoms with Gasteiger partial charge < -0.3 is 10.4 Å². The van der Waals surface area contributed by atoms with Gasteiger partial charge in [-0.05, 0) is 63.5 Å². The second-order valence-corrected chi connectivity index (χ2v) is 7.99. The van der Waals surface area contributed by atoms with E-state index in [4.69, 9.17) is 5.11 Å². The van der Waals surface area contributed by atoms with Gasteiger partial charge in [0.2, 0.25) is 5.91 Å². The van der Waals surface area contributed by atoms with E-state index in [9.17, 15) is 9.59 Å². The average molecular weight is 372 g/mol. The van der Waals surface area contributed by atoms with Gasteiger partial charge in [0.05, 0.1) is 0 Å². The van der Waals surface area contributed by atoms with Crippen LogP contribution in [-0.2, 0) is 9.59 Å². The highest BCUT2D eigenvalue weighted by Gasteiger charge is 2.26. The van der Waals surface area contributed by atoms with Gasteiger partial charge in [0.15, 0.2) is 0 Å². The Balaban J connectivity index is 2.71. The molecule has 0 aromatic heterocycles. The summed E-state index contributed by atoms with van der Waals surface area (Å²) in [6.45, 7) is 12.1. The number of hydrogen-bond donors (Lipinski definition) is 2. The maximum absolute atomic E-state index is 11.7. The number of nitrogens with one attached hydrogen (secondary N) is 1. The Labute approximate surface area is 163 Å². The highest BCUT2D eigenvalue weighted by Crippen LogP contribution is 2.40. The first-order valence-corrected chi connectivity index (χ1v) is 9.48. The van der Waals surface area contributed by atoms with Crippen LogP contribution in [0.5, 0.6) is 0 Å². The fourth-order valence-corrected chi connectivity index (χ4v) is 3.20. The van der Waals surface area contributed by atoms with Gasteiger partial charge >= 0.3 is 5.97 Å². The van der Waals surface area contributed by atoms with Crippen LogP contribution in [0.3, 0.4) is 0 Å². The molecule has 4 nitrogen and oxygen atoms in total. The Morgan fingerprint density at radius 2 is 1.85 bits per heavy atom. The lowest BCUT2D eigenvalue weighted by atomic mass is 9.72. The lowest BCUT2D eigenvalue weighted by Gasteiger charge is -2.32. The van der Waals surface area contributed by atoms with Crippen molar-refractivity contribution in [2.45, 2.75) is 66.8 Å². The maximum Gasteiger partial charge on any atom is 0.325 e. The first-order valence-electron chi connectivity index (χ1n) is 9.48. The van der Waals surface area contributed by atoms with E-state index in [1.54, 1.807) is 6.92 Å². The van der Waals surface area contributed by atoms with E-state index in [1.165, 1.54) is 43.4 Å². The monoisotopic (exact) mass is 371 g/mol. The molecule has 0 aliphatic heterocycles. The van der Waals surface area contributed by atoms with E-state index in [0.29, 0.717) is 0 Å². The standard InChI is InChI=1S/C23H33NO3/c1-16(12-13-20-18(3)11-8-14-23(20,5)6)9-7-10-17(2)15-21(25)24-19(4)22(26)27/h7,9-10,12-13,15,19H,8,11,14H2,1-6H3,(H,24,25)(H,26,27)/t19-/m0/s1. The third-order valence-corrected chi connectivity index (χ3v) is 4.86. The van der Waals surface area contributed by atoms with Crippen molar-refractivity contribution in [3.05, 3.63) is 58.7 Å². The van der Waals surface area contributed by atoms with Crippen molar-refractivity contribution in [3.63, 3.8) is 0 Å².